The van der Waals surface area contributed by atoms with Gasteiger partial charge in [0.2, 0.25) is 0 Å². The average Bonchev–Trinajstić information content (AvgIpc) is 3.46. The zero-order valence-electron chi connectivity index (χ0n) is 32.4. The molecule has 10 nitrogen and oxygen atoms in total. The summed E-state index contributed by atoms with van der Waals surface area (Å²) in [4.78, 5) is 87.1. The Balaban J connectivity index is 1.49. The van der Waals surface area contributed by atoms with Crippen LogP contribution in [-0.2, 0) is 19.1 Å². The number of nitrogens with zero attached hydrogens (tertiary/aromatic N) is 2. The first-order valence-corrected chi connectivity index (χ1v) is 26.8. The maximum absolute atomic E-state index is 14.8. The van der Waals surface area contributed by atoms with Gasteiger partial charge in [-0.25, -0.2) is 0 Å². The van der Waals surface area contributed by atoms with Gasteiger partial charge in [-0.05, 0) is 0 Å². The van der Waals surface area contributed by atoms with Crippen molar-refractivity contribution >= 4 is 104 Å². The Morgan fingerprint density at radius 3 is 1.27 bits per heavy atom. The van der Waals surface area contributed by atoms with Crippen LogP contribution in [0.2, 0.25) is 8.87 Å². The number of unbranched alkanes of at least 4 members (excludes halogenated alkanes) is 2. The third-order valence-corrected chi connectivity index (χ3v) is 27.4. The van der Waals surface area contributed by atoms with Crippen molar-refractivity contribution in [3.05, 3.63) is 58.7 Å². The van der Waals surface area contributed by atoms with Crippen LogP contribution in [0.25, 0.3) is 43.1 Å². The summed E-state index contributed by atoms with van der Waals surface area (Å²) in [6, 6.07) is 9.32. The van der Waals surface area contributed by atoms with Crippen molar-refractivity contribution in [2.45, 2.75) is 101 Å². The second-order valence-corrected chi connectivity index (χ2v) is 27.2. The second kappa shape index (κ2) is 13.9. The molecule has 2 atom stereocenters. The predicted octanol–water partition coefficient (Wildman–Crippen LogP) is 7.09. The summed E-state index contributed by atoms with van der Waals surface area (Å²) in [7, 11) is 0. The predicted molar refractivity (Wildman–Crippen MR) is 215 cm³/mol. The molecule has 11 heteroatoms. The van der Waals surface area contributed by atoms with E-state index in [0.29, 0.717) is 33.0 Å². The van der Waals surface area contributed by atoms with Gasteiger partial charge in [0.15, 0.2) is 0 Å². The number of hydrogen-bond donors (Lipinski definition) is 0. The van der Waals surface area contributed by atoms with Crippen LogP contribution in [0.15, 0.2) is 36.4 Å². The van der Waals surface area contributed by atoms with Gasteiger partial charge in [-0.2, -0.15) is 0 Å². The minimum atomic E-state index is -3.89. The van der Waals surface area contributed by atoms with Crippen molar-refractivity contribution in [2.24, 2.45) is 0 Å². The van der Waals surface area contributed by atoms with Gasteiger partial charge in [0.05, 0.1) is 0 Å². The van der Waals surface area contributed by atoms with Gasteiger partial charge in [0, 0.05) is 0 Å². The van der Waals surface area contributed by atoms with Crippen LogP contribution in [0.5, 0.6) is 0 Å². The van der Waals surface area contributed by atoms with Gasteiger partial charge in [0.25, 0.3) is 0 Å². The number of rotatable bonds is 14. The molecule has 0 fully saturated rings. The molecule has 5 aromatic rings. The summed E-state index contributed by atoms with van der Waals surface area (Å²) >= 11 is -3.89. The molecule has 0 saturated carbocycles. The molecule has 284 valence electrons. The van der Waals surface area contributed by atoms with E-state index in [-0.39, 0.29) is 26.1 Å². The molecule has 0 spiro atoms. The molecule has 3 heterocycles. The Kier molecular flexibility index (Phi) is 9.41. The van der Waals surface area contributed by atoms with E-state index in [1.807, 2.05) is 12.1 Å². The third kappa shape index (κ3) is 4.98. The van der Waals surface area contributed by atoms with E-state index in [2.05, 4.69) is 26.0 Å². The van der Waals surface area contributed by atoms with Crippen LogP contribution < -0.4 is 7.16 Å². The van der Waals surface area contributed by atoms with Crippen LogP contribution in [0.1, 0.15) is 121 Å². The monoisotopic (exact) mass is 850 g/mol. The number of amides is 4. The molecule has 8 rings (SSSR count). The van der Waals surface area contributed by atoms with Crippen molar-refractivity contribution in [2.75, 3.05) is 13.2 Å². The molecule has 3 aliphatic heterocycles. The second-order valence-electron chi connectivity index (χ2n) is 15.1. The molecule has 55 heavy (non-hydrogen) atoms. The molecular formula is C44H46N2O8Sn. The SMILES string of the molecule is CCC[CH2][Sn]1([CH2]CCC)[c]2cc3c4c(ccc5c6ccc7c8c(c[c]1c(c2c45)c86)C(=O)N(C(CC)C(=O)OCC)C7=O)C(=O)N(C(CC)C(=O)OCC)C3=O. The zero-order chi connectivity index (χ0) is 39.1. The van der Waals surface area contributed by atoms with E-state index in [1.165, 1.54) is 7.16 Å². The maximum atomic E-state index is 14.8. The van der Waals surface area contributed by atoms with Gasteiger partial charge in [0.1, 0.15) is 0 Å². The number of benzene rings is 5. The topological polar surface area (TPSA) is 127 Å². The summed E-state index contributed by atoms with van der Waals surface area (Å²) in [5.41, 5.74) is 1.59. The molecule has 0 saturated heterocycles. The zero-order valence-corrected chi connectivity index (χ0v) is 35.2. The van der Waals surface area contributed by atoms with Gasteiger partial charge in [-0.15, -0.1) is 0 Å². The number of carbonyl (C=O) groups is 6. The number of ether oxygens (including phenoxy) is 2. The standard InChI is InChI=1S/C36H28N2O8.2C4H9.Sn/c1-5-25(35(43)45-7-3)37-31(39)21-13-9-17-19-11-15-23-30-24(34(42)38(33(23)41)26(6-2)36(44)46-8-4)16-12-20(28(19)30)18-10-14-22(32(37)40)29(21)27(17)18;2*1-3-4-2;/h9,11,13-16,25-26H,5-8H2,1-4H3;2*1,3-4H2,2H3;. The molecular weight excluding hydrogens is 803 g/mol. The van der Waals surface area contributed by atoms with Crippen LogP contribution in [-0.4, -0.2) is 89.0 Å². The molecule has 3 aliphatic rings. The fourth-order valence-corrected chi connectivity index (χ4v) is 26.6. The molecule has 0 bridgehead atoms. The van der Waals surface area contributed by atoms with Crippen LogP contribution in [0.3, 0.4) is 0 Å². The van der Waals surface area contributed by atoms with E-state index in [9.17, 15) is 28.8 Å². The summed E-state index contributed by atoms with van der Waals surface area (Å²) in [5.74, 6) is -3.25. The minimum absolute atomic E-state index is 0.129. The third-order valence-electron chi connectivity index (χ3n) is 12.4. The fraction of sp³-hybridized carbons (Fsp3) is 0.409. The summed E-state index contributed by atoms with van der Waals surface area (Å²) in [6.45, 7) is 11.6. The van der Waals surface area contributed by atoms with Gasteiger partial charge in [-0.1, -0.05) is 0 Å². The number of fused-ring (bicyclic) bond motifs is 1. The number of carbonyl (C=O) groups excluding carboxylic acids is 6. The molecule has 0 radical (unpaired) electrons. The molecule has 5 aromatic carbocycles. The fourth-order valence-electron chi connectivity index (χ4n) is 9.97. The first kappa shape index (κ1) is 37.3. The van der Waals surface area contributed by atoms with E-state index < -0.39 is 66.0 Å². The summed E-state index contributed by atoms with van der Waals surface area (Å²) < 4.78 is 15.0. The number of hydrogen-bond acceptors (Lipinski definition) is 8. The van der Waals surface area contributed by atoms with Crippen molar-refractivity contribution in [1.82, 2.24) is 9.80 Å². The number of imide groups is 2. The van der Waals surface area contributed by atoms with Gasteiger partial charge >= 0.3 is 325 Å². The van der Waals surface area contributed by atoms with Crippen molar-refractivity contribution < 1.29 is 38.2 Å². The van der Waals surface area contributed by atoms with Gasteiger partial charge in [-0.3, -0.25) is 0 Å². The molecule has 4 amide bonds. The first-order valence-electron chi connectivity index (χ1n) is 19.9. The quantitative estimate of drug-likeness (QED) is 0.0382. The van der Waals surface area contributed by atoms with Crippen molar-refractivity contribution in [1.29, 1.82) is 0 Å². The normalized spacial score (nSPS) is 16.8. The Labute approximate surface area is 323 Å². The number of esters is 2. The molecule has 0 aromatic heterocycles. The first-order chi connectivity index (χ1) is 26.6. The van der Waals surface area contributed by atoms with Crippen LogP contribution >= 0.6 is 0 Å². The Bertz CT molecular complexity index is 2350. The van der Waals surface area contributed by atoms with Crippen molar-refractivity contribution in [3.8, 4) is 0 Å². The van der Waals surface area contributed by atoms with Crippen LogP contribution in [0.4, 0.5) is 0 Å². The Morgan fingerprint density at radius 1 is 0.545 bits per heavy atom. The molecule has 2 unspecified atom stereocenters. The van der Waals surface area contributed by atoms with E-state index in [0.717, 1.165) is 76.7 Å². The van der Waals surface area contributed by atoms with E-state index in [4.69, 9.17) is 9.47 Å². The summed E-state index contributed by atoms with van der Waals surface area (Å²) in [5, 5.41) is 6.69. The average molecular weight is 850 g/mol. The Morgan fingerprint density at radius 2 is 0.927 bits per heavy atom. The van der Waals surface area contributed by atoms with E-state index >= 15 is 0 Å². The molecule has 0 aliphatic carbocycles. The Hall–Kier alpha value is -4.58. The van der Waals surface area contributed by atoms with Crippen LogP contribution in [0, 0.1) is 0 Å². The summed E-state index contributed by atoms with van der Waals surface area (Å²) in [6.07, 6.45) is 4.32. The van der Waals surface area contributed by atoms with Crippen molar-refractivity contribution in [3.63, 3.8) is 0 Å². The molecule has 0 N–H and O–H groups in total. The van der Waals surface area contributed by atoms with Gasteiger partial charge < -0.3 is 0 Å². The van der Waals surface area contributed by atoms with E-state index in [1.54, 1.807) is 39.8 Å².